The summed E-state index contributed by atoms with van der Waals surface area (Å²) < 4.78 is 0.678. The highest BCUT2D eigenvalue weighted by Crippen LogP contribution is 2.18. The molecule has 0 heterocycles. The molecule has 0 aromatic heterocycles. The number of nitrogen functional groups attached to an aromatic ring is 1. The molecule has 1 amide bonds. The summed E-state index contributed by atoms with van der Waals surface area (Å²) in [6, 6.07) is 3.89. The fourth-order valence-corrected chi connectivity index (χ4v) is 1.79. The van der Waals surface area contributed by atoms with Crippen LogP contribution in [0.25, 0.3) is 0 Å². The van der Waals surface area contributed by atoms with E-state index in [0.717, 1.165) is 4.90 Å². The first kappa shape index (κ1) is 13.5. The van der Waals surface area contributed by atoms with Crippen LogP contribution in [0.4, 0.5) is 5.69 Å². The number of carbonyl (C=O) groups is 2. The Morgan fingerprint density at radius 3 is 2.47 bits per heavy atom. The number of likely N-dealkylation sites (N-methyl/N-ethyl adjacent to an activating group) is 1. The van der Waals surface area contributed by atoms with Crippen LogP contribution in [0.2, 0.25) is 0 Å². The van der Waals surface area contributed by atoms with E-state index in [1.165, 1.54) is 20.0 Å². The molecular weight excluding hydrogens is 288 g/mol. The number of carboxylic acids is 1. The number of anilines is 1. The monoisotopic (exact) mass is 300 g/mol. The van der Waals surface area contributed by atoms with Crippen molar-refractivity contribution in [3.8, 4) is 0 Å². The maximum atomic E-state index is 12.0. The van der Waals surface area contributed by atoms with Gasteiger partial charge in [-0.3, -0.25) is 4.79 Å². The molecule has 0 radical (unpaired) electrons. The van der Waals surface area contributed by atoms with Crippen molar-refractivity contribution in [2.24, 2.45) is 0 Å². The van der Waals surface area contributed by atoms with Crippen LogP contribution >= 0.6 is 15.9 Å². The predicted octanol–water partition coefficient (Wildman–Crippen LogP) is 1.58. The highest BCUT2D eigenvalue weighted by atomic mass is 79.9. The third-order valence-electron chi connectivity index (χ3n) is 2.43. The second kappa shape index (κ2) is 5.18. The number of amides is 1. The molecule has 0 aliphatic rings. The number of aliphatic carboxylic acids is 1. The summed E-state index contributed by atoms with van der Waals surface area (Å²) in [7, 11) is 1.44. The van der Waals surface area contributed by atoms with Crippen LogP contribution in [0, 0.1) is 0 Å². The van der Waals surface area contributed by atoms with Crippen LogP contribution in [0.1, 0.15) is 17.3 Å². The number of carboxylic acid groups (broad SMARTS) is 1. The van der Waals surface area contributed by atoms with Gasteiger partial charge in [0.05, 0.1) is 0 Å². The van der Waals surface area contributed by atoms with Crippen LogP contribution in [-0.2, 0) is 4.79 Å². The normalized spacial score (nSPS) is 11.9. The van der Waals surface area contributed by atoms with Crippen molar-refractivity contribution in [3.05, 3.63) is 28.2 Å². The Labute approximate surface area is 107 Å². The van der Waals surface area contributed by atoms with E-state index in [2.05, 4.69) is 15.9 Å². The van der Waals surface area contributed by atoms with E-state index in [0.29, 0.717) is 15.7 Å². The molecule has 1 aromatic carbocycles. The van der Waals surface area contributed by atoms with Gasteiger partial charge in [0.1, 0.15) is 6.04 Å². The van der Waals surface area contributed by atoms with Gasteiger partial charge >= 0.3 is 5.97 Å². The second-order valence-electron chi connectivity index (χ2n) is 3.70. The SMILES string of the molecule is CC(C(=O)O)N(C)C(=O)c1cc(N)cc(Br)c1. The van der Waals surface area contributed by atoms with E-state index >= 15 is 0 Å². The quantitative estimate of drug-likeness (QED) is 0.830. The summed E-state index contributed by atoms with van der Waals surface area (Å²) >= 11 is 3.23. The number of benzene rings is 1. The summed E-state index contributed by atoms with van der Waals surface area (Å²) in [5.41, 5.74) is 6.41. The van der Waals surface area contributed by atoms with Gasteiger partial charge < -0.3 is 15.7 Å². The number of halogens is 1. The van der Waals surface area contributed by atoms with Crippen molar-refractivity contribution < 1.29 is 14.7 Å². The average Bonchev–Trinajstić information content (AvgIpc) is 2.24. The zero-order valence-electron chi connectivity index (χ0n) is 9.48. The Kier molecular flexibility index (Phi) is 4.11. The van der Waals surface area contributed by atoms with Crippen LogP contribution in [0.15, 0.2) is 22.7 Å². The molecule has 0 aliphatic heterocycles. The summed E-state index contributed by atoms with van der Waals surface area (Å²) in [5, 5.41) is 8.83. The summed E-state index contributed by atoms with van der Waals surface area (Å²) in [5.74, 6) is -1.43. The molecule has 92 valence electrons. The number of nitrogens with two attached hydrogens (primary N) is 1. The molecular formula is C11H13BrN2O3. The van der Waals surface area contributed by atoms with E-state index in [1.54, 1.807) is 12.1 Å². The smallest absolute Gasteiger partial charge is 0.326 e. The van der Waals surface area contributed by atoms with Crippen LogP contribution in [0.5, 0.6) is 0 Å². The molecule has 1 aromatic rings. The molecule has 6 heteroatoms. The van der Waals surface area contributed by atoms with E-state index in [-0.39, 0.29) is 5.91 Å². The highest BCUT2D eigenvalue weighted by molar-refractivity contribution is 9.10. The number of carbonyl (C=O) groups excluding carboxylic acids is 1. The van der Waals surface area contributed by atoms with Gasteiger partial charge in [-0.1, -0.05) is 15.9 Å². The van der Waals surface area contributed by atoms with Crippen molar-refractivity contribution in [1.82, 2.24) is 4.90 Å². The third kappa shape index (κ3) is 3.20. The Morgan fingerprint density at radius 2 is 2.00 bits per heavy atom. The lowest BCUT2D eigenvalue weighted by molar-refractivity contribution is -0.141. The molecule has 17 heavy (non-hydrogen) atoms. The number of rotatable bonds is 3. The molecule has 3 N–H and O–H groups in total. The van der Waals surface area contributed by atoms with Gasteiger partial charge in [0.15, 0.2) is 0 Å². The van der Waals surface area contributed by atoms with Crippen LogP contribution < -0.4 is 5.73 Å². The number of hydrogen-bond acceptors (Lipinski definition) is 3. The minimum absolute atomic E-state index is 0.354. The Morgan fingerprint density at radius 1 is 1.41 bits per heavy atom. The van der Waals surface area contributed by atoms with E-state index in [4.69, 9.17) is 10.8 Å². The highest BCUT2D eigenvalue weighted by Gasteiger charge is 2.22. The molecule has 5 nitrogen and oxygen atoms in total. The minimum atomic E-state index is -1.05. The van der Waals surface area contributed by atoms with E-state index in [1.807, 2.05) is 0 Å². The number of nitrogens with zero attached hydrogens (tertiary/aromatic N) is 1. The lowest BCUT2D eigenvalue weighted by Gasteiger charge is -2.21. The van der Waals surface area contributed by atoms with Crippen LogP contribution in [0.3, 0.4) is 0 Å². The Hall–Kier alpha value is -1.56. The van der Waals surface area contributed by atoms with Crippen molar-refractivity contribution >= 4 is 33.5 Å². The van der Waals surface area contributed by atoms with Gasteiger partial charge in [0.2, 0.25) is 0 Å². The fourth-order valence-electron chi connectivity index (χ4n) is 1.28. The first-order chi connectivity index (χ1) is 7.82. The molecule has 1 rings (SSSR count). The molecule has 0 saturated heterocycles. The first-order valence-electron chi connectivity index (χ1n) is 4.89. The molecule has 0 fully saturated rings. The van der Waals surface area contributed by atoms with Gasteiger partial charge in [-0.25, -0.2) is 4.79 Å². The topological polar surface area (TPSA) is 83.6 Å². The number of hydrogen-bond donors (Lipinski definition) is 2. The lowest BCUT2D eigenvalue weighted by atomic mass is 10.1. The standard InChI is InChI=1S/C11H13BrN2O3/c1-6(11(16)17)14(2)10(15)7-3-8(12)5-9(13)4-7/h3-6H,13H2,1-2H3,(H,16,17). The van der Waals surface area contributed by atoms with Gasteiger partial charge in [0.25, 0.3) is 5.91 Å². The van der Waals surface area contributed by atoms with Gasteiger partial charge in [-0.05, 0) is 25.1 Å². The molecule has 0 bridgehead atoms. The second-order valence-corrected chi connectivity index (χ2v) is 4.62. The maximum absolute atomic E-state index is 12.0. The summed E-state index contributed by atoms with van der Waals surface area (Å²) in [6.45, 7) is 1.45. The minimum Gasteiger partial charge on any atom is -0.480 e. The van der Waals surface area contributed by atoms with Gasteiger partial charge in [0, 0.05) is 22.8 Å². The Bertz CT molecular complexity index is 442. The largest absolute Gasteiger partial charge is 0.480 e. The molecule has 1 atom stereocenters. The van der Waals surface area contributed by atoms with Gasteiger partial charge in [-0.2, -0.15) is 0 Å². The van der Waals surface area contributed by atoms with E-state index in [9.17, 15) is 9.59 Å². The van der Waals surface area contributed by atoms with Crippen molar-refractivity contribution in [2.75, 3.05) is 12.8 Å². The molecule has 0 aliphatic carbocycles. The van der Waals surface area contributed by atoms with Gasteiger partial charge in [-0.15, -0.1) is 0 Å². The third-order valence-corrected chi connectivity index (χ3v) is 2.88. The lowest BCUT2D eigenvalue weighted by Crippen LogP contribution is -2.40. The zero-order valence-corrected chi connectivity index (χ0v) is 11.1. The first-order valence-corrected chi connectivity index (χ1v) is 5.68. The maximum Gasteiger partial charge on any atom is 0.326 e. The van der Waals surface area contributed by atoms with Crippen LogP contribution in [-0.4, -0.2) is 35.0 Å². The molecule has 0 spiro atoms. The predicted molar refractivity (Wildman–Crippen MR) is 67.7 cm³/mol. The Balaban J connectivity index is 3.00. The van der Waals surface area contributed by atoms with Crippen molar-refractivity contribution in [1.29, 1.82) is 0 Å². The van der Waals surface area contributed by atoms with Crippen molar-refractivity contribution in [2.45, 2.75) is 13.0 Å². The molecule has 1 unspecified atom stereocenters. The van der Waals surface area contributed by atoms with E-state index < -0.39 is 12.0 Å². The zero-order chi connectivity index (χ0) is 13.2. The fraction of sp³-hybridized carbons (Fsp3) is 0.273. The molecule has 0 saturated carbocycles. The summed E-state index contributed by atoms with van der Waals surface area (Å²) in [6.07, 6.45) is 0. The summed E-state index contributed by atoms with van der Waals surface area (Å²) in [4.78, 5) is 23.9. The van der Waals surface area contributed by atoms with Crippen molar-refractivity contribution in [3.63, 3.8) is 0 Å². The average molecular weight is 301 g/mol.